The van der Waals surface area contributed by atoms with E-state index in [1.807, 2.05) is 12.1 Å². The number of fused-ring (bicyclic) bond motifs is 2. The summed E-state index contributed by atoms with van der Waals surface area (Å²) in [5.74, 6) is 1.68. The van der Waals surface area contributed by atoms with Crippen molar-refractivity contribution >= 4 is 55.7 Å². The maximum atomic E-state index is 6.61. The summed E-state index contributed by atoms with van der Waals surface area (Å²) in [5.41, 5.74) is 3.52. The van der Waals surface area contributed by atoms with E-state index in [9.17, 15) is 0 Å². The lowest BCUT2D eigenvalue weighted by molar-refractivity contribution is 0.312. The van der Waals surface area contributed by atoms with E-state index in [1.54, 1.807) is 11.8 Å². The molecule has 1 unspecified atom stereocenters. The number of benzene rings is 1. The Labute approximate surface area is 183 Å². The number of pyridine rings is 1. The van der Waals surface area contributed by atoms with Crippen molar-refractivity contribution in [3.63, 3.8) is 0 Å². The number of rotatable bonds is 4. The summed E-state index contributed by atoms with van der Waals surface area (Å²) in [4.78, 5) is 23.7. The number of likely N-dealkylation sites (N-methyl/N-ethyl adjacent to an activating group) is 1. The Morgan fingerprint density at radius 2 is 1.97 bits per heavy atom. The minimum Gasteiger partial charge on any atom is -0.360 e. The molecule has 4 aromatic rings. The number of piperazine rings is 1. The van der Waals surface area contributed by atoms with Gasteiger partial charge in [0.25, 0.3) is 0 Å². The molecule has 3 aromatic heterocycles. The van der Waals surface area contributed by atoms with Gasteiger partial charge in [-0.05, 0) is 31.5 Å². The lowest BCUT2D eigenvalue weighted by Gasteiger charge is -2.34. The third-order valence-corrected chi connectivity index (χ3v) is 6.59. The lowest BCUT2D eigenvalue weighted by atomic mass is 10.1. The molecule has 4 heterocycles. The summed E-state index contributed by atoms with van der Waals surface area (Å²) in [7, 11) is 2.15. The van der Waals surface area contributed by atoms with Gasteiger partial charge in [0.15, 0.2) is 5.82 Å². The predicted octanol–water partition coefficient (Wildman–Crippen LogP) is 4.21. The third-order valence-electron chi connectivity index (χ3n) is 5.54. The summed E-state index contributed by atoms with van der Waals surface area (Å²) in [5, 5.41) is 6.32. The molecule has 0 amide bonds. The molecule has 9 heteroatoms. The van der Waals surface area contributed by atoms with Crippen molar-refractivity contribution in [2.75, 3.05) is 43.4 Å². The van der Waals surface area contributed by atoms with Crippen LogP contribution in [0.25, 0.3) is 21.1 Å². The van der Waals surface area contributed by atoms with Gasteiger partial charge in [0.1, 0.15) is 22.5 Å². The molecule has 1 fully saturated rings. The molecule has 1 aromatic carbocycles. The van der Waals surface area contributed by atoms with Crippen LogP contribution in [0.2, 0.25) is 5.02 Å². The van der Waals surface area contributed by atoms with Crippen molar-refractivity contribution in [3.05, 3.63) is 46.8 Å². The number of anilines is 2. The third kappa shape index (κ3) is 3.55. The monoisotopic (exact) mass is 439 g/mol. The Kier molecular flexibility index (Phi) is 5.14. The van der Waals surface area contributed by atoms with E-state index < -0.39 is 0 Å². The van der Waals surface area contributed by atoms with Gasteiger partial charge in [0.05, 0.1) is 22.3 Å². The summed E-state index contributed by atoms with van der Waals surface area (Å²) < 4.78 is 0. The maximum absolute atomic E-state index is 6.61. The Bertz CT molecular complexity index is 1200. The van der Waals surface area contributed by atoms with Crippen LogP contribution >= 0.6 is 22.9 Å². The van der Waals surface area contributed by atoms with Crippen LogP contribution in [-0.4, -0.2) is 58.1 Å². The van der Waals surface area contributed by atoms with Gasteiger partial charge in [-0.15, -0.1) is 11.3 Å². The standard InChI is InChI=1S/C21H22ClN7S/c1-13(26-19-18-21(24-11-23-19)30-12-25-18)16-10-14-4-3-5-15(22)17(14)20(27-16)29-8-6-28(2)7-9-29/h3-5,10-13H,6-9H2,1-2H3,(H,23,24,26). The zero-order valence-corrected chi connectivity index (χ0v) is 18.4. The van der Waals surface area contributed by atoms with Gasteiger partial charge in [-0.1, -0.05) is 23.7 Å². The second kappa shape index (κ2) is 7.94. The molecule has 5 rings (SSSR count). The van der Waals surface area contributed by atoms with E-state index in [0.29, 0.717) is 0 Å². The summed E-state index contributed by atoms with van der Waals surface area (Å²) in [6.45, 7) is 5.97. The number of thiazole rings is 1. The minimum absolute atomic E-state index is 0.0561. The quantitative estimate of drug-likeness (QED) is 0.510. The van der Waals surface area contributed by atoms with Crippen LogP contribution in [0.5, 0.6) is 0 Å². The average Bonchev–Trinajstić information content (AvgIpc) is 3.24. The van der Waals surface area contributed by atoms with Gasteiger partial charge < -0.3 is 15.1 Å². The molecule has 1 aliphatic heterocycles. The fourth-order valence-corrected chi connectivity index (χ4v) is 4.71. The van der Waals surface area contributed by atoms with Gasteiger partial charge in [-0.3, -0.25) is 0 Å². The molecule has 0 saturated carbocycles. The summed E-state index contributed by atoms with van der Waals surface area (Å²) in [6, 6.07) is 8.08. The maximum Gasteiger partial charge on any atom is 0.157 e. The van der Waals surface area contributed by atoms with Crippen molar-refractivity contribution in [2.45, 2.75) is 13.0 Å². The molecule has 0 bridgehead atoms. The zero-order valence-electron chi connectivity index (χ0n) is 16.8. The zero-order chi connectivity index (χ0) is 20.7. The number of halogens is 1. The Hall–Kier alpha value is -2.55. The molecule has 0 spiro atoms. The number of aromatic nitrogens is 4. The van der Waals surface area contributed by atoms with Crippen LogP contribution < -0.4 is 10.2 Å². The van der Waals surface area contributed by atoms with Crippen molar-refractivity contribution < 1.29 is 0 Å². The van der Waals surface area contributed by atoms with Gasteiger partial charge in [-0.25, -0.2) is 19.9 Å². The van der Waals surface area contributed by atoms with E-state index in [4.69, 9.17) is 16.6 Å². The highest BCUT2D eigenvalue weighted by Crippen LogP contribution is 2.34. The highest BCUT2D eigenvalue weighted by Gasteiger charge is 2.21. The van der Waals surface area contributed by atoms with Crippen LogP contribution in [0, 0.1) is 0 Å². The predicted molar refractivity (Wildman–Crippen MR) is 124 cm³/mol. The van der Waals surface area contributed by atoms with Crippen LogP contribution in [0.1, 0.15) is 18.7 Å². The van der Waals surface area contributed by atoms with Gasteiger partial charge in [0.2, 0.25) is 0 Å². The van der Waals surface area contributed by atoms with Crippen LogP contribution in [0.15, 0.2) is 36.1 Å². The van der Waals surface area contributed by atoms with Gasteiger partial charge in [-0.2, -0.15) is 0 Å². The topological polar surface area (TPSA) is 70.1 Å². The molecule has 1 aliphatic rings. The number of hydrogen-bond donors (Lipinski definition) is 1. The highest BCUT2D eigenvalue weighted by atomic mass is 35.5. The first kappa shape index (κ1) is 19.4. The number of hydrogen-bond acceptors (Lipinski definition) is 8. The lowest BCUT2D eigenvalue weighted by Crippen LogP contribution is -2.45. The van der Waals surface area contributed by atoms with Crippen LogP contribution in [0.3, 0.4) is 0 Å². The Morgan fingerprint density at radius 1 is 1.13 bits per heavy atom. The SMILES string of the molecule is CC(Nc1ncnc2scnc12)c1cc2cccc(Cl)c2c(N2CCN(C)CC2)n1. The van der Waals surface area contributed by atoms with Crippen molar-refractivity contribution in [1.29, 1.82) is 0 Å². The molecule has 154 valence electrons. The molecule has 1 atom stereocenters. The fraction of sp³-hybridized carbons (Fsp3) is 0.333. The second-order valence-electron chi connectivity index (χ2n) is 7.59. The largest absolute Gasteiger partial charge is 0.360 e. The average molecular weight is 440 g/mol. The normalized spacial score (nSPS) is 16.3. The number of nitrogens with zero attached hydrogens (tertiary/aromatic N) is 6. The van der Waals surface area contributed by atoms with E-state index >= 15 is 0 Å². The molecule has 30 heavy (non-hydrogen) atoms. The molecule has 1 saturated heterocycles. The van der Waals surface area contributed by atoms with E-state index in [2.05, 4.69) is 56.2 Å². The first-order valence-electron chi connectivity index (χ1n) is 9.93. The molecular weight excluding hydrogens is 418 g/mol. The summed E-state index contributed by atoms with van der Waals surface area (Å²) >= 11 is 8.11. The van der Waals surface area contributed by atoms with Crippen LogP contribution in [-0.2, 0) is 0 Å². The molecule has 0 radical (unpaired) electrons. The Morgan fingerprint density at radius 3 is 2.80 bits per heavy atom. The van der Waals surface area contributed by atoms with Gasteiger partial charge in [0, 0.05) is 31.6 Å². The molecular formula is C21H22ClN7S. The van der Waals surface area contributed by atoms with Crippen molar-refractivity contribution in [3.8, 4) is 0 Å². The Balaban J connectivity index is 1.55. The fourth-order valence-electron chi connectivity index (χ4n) is 3.81. The highest BCUT2D eigenvalue weighted by molar-refractivity contribution is 7.16. The van der Waals surface area contributed by atoms with E-state index in [0.717, 1.165) is 69.7 Å². The smallest absolute Gasteiger partial charge is 0.157 e. The van der Waals surface area contributed by atoms with Crippen LogP contribution in [0.4, 0.5) is 11.6 Å². The number of nitrogens with one attached hydrogen (secondary N) is 1. The van der Waals surface area contributed by atoms with Gasteiger partial charge >= 0.3 is 0 Å². The molecule has 7 nitrogen and oxygen atoms in total. The molecule has 1 N–H and O–H groups in total. The first-order chi connectivity index (χ1) is 14.6. The summed E-state index contributed by atoms with van der Waals surface area (Å²) in [6.07, 6.45) is 1.57. The van der Waals surface area contributed by atoms with E-state index in [-0.39, 0.29) is 6.04 Å². The first-order valence-corrected chi connectivity index (χ1v) is 11.2. The van der Waals surface area contributed by atoms with Crippen molar-refractivity contribution in [2.24, 2.45) is 0 Å². The van der Waals surface area contributed by atoms with E-state index in [1.165, 1.54) is 11.3 Å². The molecule has 0 aliphatic carbocycles. The minimum atomic E-state index is -0.0561. The second-order valence-corrected chi connectivity index (χ2v) is 8.83. The van der Waals surface area contributed by atoms with Crippen molar-refractivity contribution in [1.82, 2.24) is 24.8 Å².